The van der Waals surface area contributed by atoms with Crippen molar-refractivity contribution in [3.63, 3.8) is 0 Å². The molecule has 412 valence electrons. The summed E-state index contributed by atoms with van der Waals surface area (Å²) in [5.74, 6) is 4.89. The minimum absolute atomic E-state index is 0.00469. The fourth-order valence-corrected chi connectivity index (χ4v) is 23.3. The molecule has 7 N–H and O–H groups in total. The van der Waals surface area contributed by atoms with Crippen molar-refractivity contribution in [2.24, 2.45) is 17.0 Å². The molecule has 0 radical (unpaired) electrons. The Balaban J connectivity index is 1.20. The monoisotopic (exact) mass is 1150 g/mol. The van der Waals surface area contributed by atoms with Gasteiger partial charge >= 0.3 is 0 Å². The SMILES string of the molecule is CC1(CCCC23S[SH]2(=O)S3)C2=C(C=CC(S(=O)(=O)ON)C2)[N+](CCCC2=C/C=C\C=C/C=C\2)=C1/C=C/C=C/C=C1/N(CCCCCC(=O)NCCCCCN)c2ccc(S(=O)(=O)O)cc2C1(C)CCCCS(=O)(=O)O. The predicted molar refractivity (Wildman–Crippen MR) is 305 cm³/mol. The van der Waals surface area contributed by atoms with Crippen molar-refractivity contribution in [2.75, 3.05) is 36.8 Å². The van der Waals surface area contributed by atoms with Crippen LogP contribution in [0, 0.1) is 5.41 Å². The van der Waals surface area contributed by atoms with E-state index in [2.05, 4.69) is 44.2 Å². The van der Waals surface area contributed by atoms with E-state index in [-0.39, 0.29) is 27.1 Å². The van der Waals surface area contributed by atoms with E-state index in [1.807, 2.05) is 67.7 Å². The standard InChI is InChI=1S/C53H73N5O11S6/c1-51(31-14-18-38-72(60,61)62)44-39-42(73(63,64)65)27-29-46(44)57(36-17-7-13-26-50(59)56-35-16-8-15-34-54)48(51)24-11-6-12-25-49-52(2,32-20-33-53-70-75(53,68)71-53)45-40-43(74(66,67)69-55)28-30-47(45)58(49)37-19-23-41-21-9-4-3-5-10-22-41/h3-6,9-12,21-22,24-25,27-30,39,43,75H,7-8,13-20,23,26,31-38,40,54-55H2,1-2H3,(H2-,56,59,60,61,62,63,64,65)/p+1/b4-3-,5-3?,9-4?,10-5-,21-9-,22-10?,41-21?,41-22+. The molecule has 3 unspecified atom stereocenters. The van der Waals surface area contributed by atoms with E-state index in [4.69, 9.17) is 11.6 Å². The maximum atomic E-state index is 13.1. The number of amides is 1. The number of nitrogens with zero attached hydrogens (tertiary/aromatic N) is 2. The fourth-order valence-electron chi connectivity index (χ4n) is 10.8. The first-order valence-electron chi connectivity index (χ1n) is 25.9. The number of carbonyl (C=O) groups is 1. The molecule has 6 aliphatic rings. The van der Waals surface area contributed by atoms with Crippen molar-refractivity contribution in [2.45, 2.75) is 136 Å². The lowest BCUT2D eigenvalue weighted by atomic mass is 9.72. The smallest absolute Gasteiger partial charge is 0.294 e. The predicted octanol–water partition coefficient (Wildman–Crippen LogP) is 8.70. The molecule has 1 aromatic rings. The summed E-state index contributed by atoms with van der Waals surface area (Å²) in [6.07, 6.45) is 37.7. The van der Waals surface area contributed by atoms with Crippen LogP contribution in [0.15, 0.2) is 131 Å². The van der Waals surface area contributed by atoms with Gasteiger partial charge in [-0.05, 0) is 148 Å². The van der Waals surface area contributed by atoms with Gasteiger partial charge in [-0.2, -0.15) is 40.0 Å². The normalized spacial score (nSPS) is 27.7. The third-order valence-corrected chi connectivity index (χ3v) is 29.3. The highest BCUT2D eigenvalue weighted by Gasteiger charge is 2.80. The molecule has 0 aromatic heterocycles. The van der Waals surface area contributed by atoms with Crippen LogP contribution >= 0.6 is 21.6 Å². The van der Waals surface area contributed by atoms with Gasteiger partial charge in [0.2, 0.25) is 11.6 Å². The van der Waals surface area contributed by atoms with E-state index < -0.39 is 60.2 Å². The summed E-state index contributed by atoms with van der Waals surface area (Å²) in [6.45, 7) is 6.52. The Labute approximate surface area is 452 Å². The molecule has 1 aromatic carbocycles. The van der Waals surface area contributed by atoms with E-state index in [1.54, 1.807) is 33.7 Å². The van der Waals surface area contributed by atoms with Crippen LogP contribution in [0.2, 0.25) is 0 Å². The molecular weight excluding hydrogens is 1080 g/mol. The van der Waals surface area contributed by atoms with Gasteiger partial charge in [0.25, 0.3) is 30.4 Å². The van der Waals surface area contributed by atoms with Crippen LogP contribution in [-0.2, 0) is 52.8 Å². The summed E-state index contributed by atoms with van der Waals surface area (Å²) in [5, 5.41) is 2.01. The minimum atomic E-state index is -4.59. The number of rotatable bonds is 30. The molecule has 2 saturated heterocycles. The van der Waals surface area contributed by atoms with Crippen molar-refractivity contribution in [3.8, 4) is 0 Å². The Bertz CT molecular complexity index is 3040. The van der Waals surface area contributed by atoms with Gasteiger partial charge in [-0.15, -0.1) is 0 Å². The van der Waals surface area contributed by atoms with E-state index in [0.717, 1.165) is 79.7 Å². The Morgan fingerprint density at radius 2 is 1.61 bits per heavy atom. The maximum Gasteiger partial charge on any atom is 0.294 e. The molecule has 22 heteroatoms. The largest absolute Gasteiger partial charge is 0.356 e. The molecule has 4 aliphatic heterocycles. The average molecular weight is 1150 g/mol. The number of fused-ring (bicyclic) bond motifs is 2. The first-order chi connectivity index (χ1) is 35.6. The summed E-state index contributed by atoms with van der Waals surface area (Å²) in [6, 6.07) is 4.53. The van der Waals surface area contributed by atoms with E-state index >= 15 is 0 Å². The summed E-state index contributed by atoms with van der Waals surface area (Å²) in [7, 11) is -11.9. The number of allylic oxidation sites excluding steroid dienone is 16. The van der Waals surface area contributed by atoms with Gasteiger partial charge in [0.05, 0.1) is 16.1 Å². The molecule has 2 fully saturated rings. The lowest BCUT2D eigenvalue weighted by Crippen LogP contribution is -2.33. The zero-order valence-electron chi connectivity index (χ0n) is 42.8. The topological polar surface area (TPSA) is 257 Å². The quantitative estimate of drug-likeness (QED) is 0.00615. The van der Waals surface area contributed by atoms with Crippen molar-refractivity contribution in [3.05, 3.63) is 131 Å². The Morgan fingerprint density at radius 3 is 2.33 bits per heavy atom. The molecule has 75 heavy (non-hydrogen) atoms. The third kappa shape index (κ3) is 14.5. The van der Waals surface area contributed by atoms with Gasteiger partial charge in [0.15, 0.2) is 9.12 Å². The maximum absolute atomic E-state index is 13.1. The number of hydrogen-bond donors (Lipinski definition) is 6. The average Bonchev–Trinajstić information content (AvgIpc) is 4.07. The van der Waals surface area contributed by atoms with Crippen LogP contribution < -0.4 is 21.8 Å². The second-order valence-electron chi connectivity index (χ2n) is 20.3. The van der Waals surface area contributed by atoms with Gasteiger partial charge in [0.1, 0.15) is 11.8 Å². The summed E-state index contributed by atoms with van der Waals surface area (Å²) >= 11 is 0. The fraction of sp³-hybridized carbons (Fsp3) is 0.509. The van der Waals surface area contributed by atoms with Gasteiger partial charge < -0.3 is 16.0 Å². The zero-order valence-corrected chi connectivity index (χ0v) is 47.8. The number of anilines is 1. The highest BCUT2D eigenvalue weighted by Crippen LogP contribution is 2.94. The van der Waals surface area contributed by atoms with Crippen LogP contribution in [0.25, 0.3) is 0 Å². The Kier molecular flexibility index (Phi) is 19.6. The molecular formula is C53H74N5O11S6+. The minimum Gasteiger partial charge on any atom is -0.356 e. The molecule has 0 bridgehead atoms. The van der Waals surface area contributed by atoms with Crippen LogP contribution in [0.3, 0.4) is 0 Å². The summed E-state index contributed by atoms with van der Waals surface area (Å²) in [5.41, 5.74) is 10.4. The van der Waals surface area contributed by atoms with Crippen molar-refractivity contribution in [1.82, 2.24) is 5.32 Å². The first kappa shape index (κ1) is 59.0. The number of benzene rings is 1. The van der Waals surface area contributed by atoms with E-state index in [1.165, 1.54) is 17.7 Å². The molecule has 7 rings (SSSR count). The first-order valence-corrected chi connectivity index (χ1v) is 35.0. The number of unbranched alkanes of at least 4 members (excludes halogenated alkanes) is 5. The second kappa shape index (κ2) is 25.0. The van der Waals surface area contributed by atoms with Crippen LogP contribution in [0.1, 0.15) is 122 Å². The molecule has 0 saturated carbocycles. The molecule has 2 aliphatic carbocycles. The van der Waals surface area contributed by atoms with Crippen molar-refractivity contribution in [1.29, 1.82) is 0 Å². The van der Waals surface area contributed by atoms with Gasteiger partial charge in [-0.3, -0.25) is 18.1 Å². The second-order valence-corrected chi connectivity index (χ2v) is 34.4. The van der Waals surface area contributed by atoms with Gasteiger partial charge in [-0.1, -0.05) is 86.1 Å². The van der Waals surface area contributed by atoms with Crippen molar-refractivity contribution < 1.29 is 52.2 Å². The molecule has 16 nitrogen and oxygen atoms in total. The molecule has 1 amide bonds. The number of carbonyl (C=O) groups excluding carboxylic acids is 1. The van der Waals surface area contributed by atoms with Crippen LogP contribution in [0.4, 0.5) is 5.69 Å². The number of thiol groups is 1. The Hall–Kier alpha value is -3.68. The van der Waals surface area contributed by atoms with Crippen molar-refractivity contribution >= 4 is 77.2 Å². The van der Waals surface area contributed by atoms with Crippen LogP contribution in [-0.4, -0.2) is 95.4 Å². The Morgan fingerprint density at radius 1 is 0.880 bits per heavy atom. The van der Waals surface area contributed by atoms with Gasteiger partial charge in [-0.25, -0.2) is 0 Å². The number of hydrogen-bond acceptors (Lipinski definition) is 14. The van der Waals surface area contributed by atoms with E-state index in [0.29, 0.717) is 70.3 Å². The summed E-state index contributed by atoms with van der Waals surface area (Å²) < 4.78 is 114. The number of nitrogens with one attached hydrogen (secondary N) is 1. The molecule has 3 atom stereocenters. The third-order valence-electron chi connectivity index (χ3n) is 15.0. The lowest BCUT2D eigenvalue weighted by molar-refractivity contribution is -0.470. The zero-order chi connectivity index (χ0) is 54.1. The highest BCUT2D eigenvalue weighted by atomic mass is 33.6. The lowest BCUT2D eigenvalue weighted by Gasteiger charge is -2.30. The summed E-state index contributed by atoms with van der Waals surface area (Å²) in [4.78, 5) is 14.5. The molecule has 4 heterocycles. The van der Waals surface area contributed by atoms with E-state index in [9.17, 15) is 43.4 Å². The molecule has 0 spiro atoms. The van der Waals surface area contributed by atoms with Crippen LogP contribution in [0.5, 0.6) is 0 Å². The highest BCUT2D eigenvalue weighted by molar-refractivity contribution is 9.38. The van der Waals surface area contributed by atoms with Gasteiger partial charge in [0, 0.05) is 68.5 Å². The number of nitrogens with two attached hydrogens (primary N) is 2.